The van der Waals surface area contributed by atoms with Crippen LogP contribution in [0.15, 0.2) is 72.9 Å². The number of anilines is 2. The average molecular weight is 333 g/mol. The van der Waals surface area contributed by atoms with E-state index in [9.17, 15) is 4.79 Å². The second kappa shape index (κ2) is 7.97. The fourth-order valence-corrected chi connectivity index (χ4v) is 2.34. The van der Waals surface area contributed by atoms with Crippen LogP contribution in [0.3, 0.4) is 0 Å². The summed E-state index contributed by atoms with van der Waals surface area (Å²) in [7, 11) is 1.63. The van der Waals surface area contributed by atoms with Crippen molar-refractivity contribution in [3.8, 4) is 5.75 Å². The zero-order chi connectivity index (χ0) is 17.5. The number of methoxy groups -OCH3 is 1. The van der Waals surface area contributed by atoms with Gasteiger partial charge in [0.05, 0.1) is 7.11 Å². The van der Waals surface area contributed by atoms with Crippen LogP contribution in [0.25, 0.3) is 0 Å². The van der Waals surface area contributed by atoms with Crippen molar-refractivity contribution in [3.63, 3.8) is 0 Å². The van der Waals surface area contributed by atoms with Gasteiger partial charge < -0.3 is 15.4 Å². The summed E-state index contributed by atoms with van der Waals surface area (Å²) in [6.07, 6.45) is 1.61. The summed E-state index contributed by atoms with van der Waals surface area (Å²) < 4.78 is 5.14. The Morgan fingerprint density at radius 2 is 1.76 bits per heavy atom. The monoisotopic (exact) mass is 333 g/mol. The number of ether oxygens (including phenoxy) is 1. The van der Waals surface area contributed by atoms with Gasteiger partial charge in [0, 0.05) is 24.1 Å². The van der Waals surface area contributed by atoms with Crippen molar-refractivity contribution in [1.29, 1.82) is 0 Å². The topological polar surface area (TPSA) is 63.2 Å². The van der Waals surface area contributed by atoms with Crippen LogP contribution in [0.5, 0.6) is 5.75 Å². The van der Waals surface area contributed by atoms with Gasteiger partial charge in [-0.05, 0) is 42.0 Å². The van der Waals surface area contributed by atoms with Crippen molar-refractivity contribution in [2.45, 2.75) is 6.54 Å². The minimum Gasteiger partial charge on any atom is -0.497 e. The molecule has 5 heteroatoms. The lowest BCUT2D eigenvalue weighted by Crippen LogP contribution is -2.23. The summed E-state index contributed by atoms with van der Waals surface area (Å²) in [5.74, 6) is 0.587. The van der Waals surface area contributed by atoms with E-state index in [4.69, 9.17) is 4.74 Å². The average Bonchev–Trinajstić information content (AvgIpc) is 2.68. The van der Waals surface area contributed by atoms with Gasteiger partial charge in [-0.15, -0.1) is 0 Å². The first-order valence-electron chi connectivity index (χ1n) is 7.94. The molecule has 0 unspecified atom stereocenters. The molecule has 3 aromatic rings. The molecule has 126 valence electrons. The molecule has 0 aliphatic heterocycles. The van der Waals surface area contributed by atoms with Crippen molar-refractivity contribution >= 4 is 17.3 Å². The van der Waals surface area contributed by atoms with Crippen molar-refractivity contribution in [3.05, 3.63) is 84.2 Å². The Labute approximate surface area is 146 Å². The van der Waals surface area contributed by atoms with Crippen molar-refractivity contribution in [2.75, 3.05) is 12.4 Å². The SMILES string of the molecule is COc1ccc(Nc2ccnc(C(=O)NCc3ccccc3)c2)cc1. The van der Waals surface area contributed by atoms with Gasteiger partial charge in [-0.2, -0.15) is 0 Å². The molecule has 5 nitrogen and oxygen atoms in total. The molecule has 2 N–H and O–H groups in total. The van der Waals surface area contributed by atoms with E-state index >= 15 is 0 Å². The number of benzene rings is 2. The molecule has 0 aliphatic carbocycles. The van der Waals surface area contributed by atoms with Crippen LogP contribution in [0.1, 0.15) is 16.1 Å². The second-order valence-corrected chi connectivity index (χ2v) is 5.45. The first-order valence-corrected chi connectivity index (χ1v) is 7.94. The van der Waals surface area contributed by atoms with Gasteiger partial charge in [0.15, 0.2) is 0 Å². The Hall–Kier alpha value is -3.34. The number of carbonyl (C=O) groups excluding carboxylic acids is 1. The van der Waals surface area contributed by atoms with E-state index in [1.54, 1.807) is 19.4 Å². The highest BCUT2D eigenvalue weighted by Gasteiger charge is 2.08. The number of rotatable bonds is 6. The number of pyridine rings is 1. The standard InChI is InChI=1S/C20H19N3O2/c1-25-18-9-7-16(8-10-18)23-17-11-12-21-19(13-17)20(24)22-14-15-5-3-2-4-6-15/h2-13H,14H2,1H3,(H,21,23)(H,22,24). The molecule has 1 heterocycles. The van der Waals surface area contributed by atoms with E-state index in [0.29, 0.717) is 12.2 Å². The van der Waals surface area contributed by atoms with E-state index in [0.717, 1.165) is 22.7 Å². The van der Waals surface area contributed by atoms with Crippen LogP contribution in [-0.2, 0) is 6.54 Å². The molecule has 0 fully saturated rings. The zero-order valence-electron chi connectivity index (χ0n) is 13.9. The van der Waals surface area contributed by atoms with Gasteiger partial charge >= 0.3 is 0 Å². The lowest BCUT2D eigenvalue weighted by molar-refractivity contribution is 0.0946. The number of nitrogens with one attached hydrogen (secondary N) is 2. The molecule has 0 radical (unpaired) electrons. The third-order valence-electron chi connectivity index (χ3n) is 3.67. The fourth-order valence-electron chi connectivity index (χ4n) is 2.34. The largest absolute Gasteiger partial charge is 0.497 e. The predicted octanol–water partition coefficient (Wildman–Crippen LogP) is 3.76. The zero-order valence-corrected chi connectivity index (χ0v) is 13.9. The number of amides is 1. The Morgan fingerprint density at radius 3 is 2.48 bits per heavy atom. The maximum Gasteiger partial charge on any atom is 0.270 e. The second-order valence-electron chi connectivity index (χ2n) is 5.45. The number of nitrogens with zero attached hydrogens (tertiary/aromatic N) is 1. The number of aromatic nitrogens is 1. The molecule has 2 aromatic carbocycles. The van der Waals surface area contributed by atoms with Crippen LogP contribution in [0.4, 0.5) is 11.4 Å². The third kappa shape index (κ3) is 4.57. The highest BCUT2D eigenvalue weighted by Crippen LogP contribution is 2.20. The summed E-state index contributed by atoms with van der Waals surface area (Å²) in [6.45, 7) is 0.470. The van der Waals surface area contributed by atoms with Gasteiger partial charge in [0.1, 0.15) is 11.4 Å². The quantitative estimate of drug-likeness (QED) is 0.721. The first-order chi connectivity index (χ1) is 12.2. The Bertz CT molecular complexity index is 833. The summed E-state index contributed by atoms with van der Waals surface area (Å²) >= 11 is 0. The molecule has 0 saturated carbocycles. The minimum absolute atomic E-state index is 0.206. The highest BCUT2D eigenvalue weighted by atomic mass is 16.5. The molecule has 1 amide bonds. The third-order valence-corrected chi connectivity index (χ3v) is 3.67. The molecule has 0 bridgehead atoms. The Balaban J connectivity index is 1.64. The Kier molecular flexibility index (Phi) is 5.26. The molecule has 1 aromatic heterocycles. The summed E-state index contributed by atoms with van der Waals surface area (Å²) in [5.41, 5.74) is 3.12. The molecule has 3 rings (SSSR count). The van der Waals surface area contributed by atoms with Gasteiger partial charge in [0.2, 0.25) is 0 Å². The lowest BCUT2D eigenvalue weighted by Gasteiger charge is -2.09. The smallest absolute Gasteiger partial charge is 0.270 e. The molecule has 0 aliphatic rings. The summed E-state index contributed by atoms with van der Waals surface area (Å²) in [6, 6.07) is 20.9. The van der Waals surface area contributed by atoms with Crippen LogP contribution in [0, 0.1) is 0 Å². The van der Waals surface area contributed by atoms with E-state index < -0.39 is 0 Å². The normalized spacial score (nSPS) is 10.1. The van der Waals surface area contributed by atoms with E-state index in [2.05, 4.69) is 15.6 Å². The van der Waals surface area contributed by atoms with E-state index in [1.165, 1.54) is 0 Å². The van der Waals surface area contributed by atoms with Gasteiger partial charge in [0.25, 0.3) is 5.91 Å². The summed E-state index contributed by atoms with van der Waals surface area (Å²) in [4.78, 5) is 16.4. The molecule has 0 atom stereocenters. The number of hydrogen-bond acceptors (Lipinski definition) is 4. The fraction of sp³-hybridized carbons (Fsp3) is 0.100. The van der Waals surface area contributed by atoms with Crippen molar-refractivity contribution in [1.82, 2.24) is 10.3 Å². The van der Waals surface area contributed by atoms with Gasteiger partial charge in [-0.25, -0.2) is 0 Å². The van der Waals surface area contributed by atoms with E-state index in [-0.39, 0.29) is 5.91 Å². The lowest BCUT2D eigenvalue weighted by atomic mass is 10.2. The number of carbonyl (C=O) groups is 1. The molecular weight excluding hydrogens is 314 g/mol. The van der Waals surface area contributed by atoms with Crippen LogP contribution >= 0.6 is 0 Å². The highest BCUT2D eigenvalue weighted by molar-refractivity contribution is 5.93. The van der Waals surface area contributed by atoms with Gasteiger partial charge in [-0.1, -0.05) is 30.3 Å². The van der Waals surface area contributed by atoms with E-state index in [1.807, 2.05) is 60.7 Å². The maximum atomic E-state index is 12.3. The first kappa shape index (κ1) is 16.5. The molecular formula is C20H19N3O2. The number of hydrogen-bond donors (Lipinski definition) is 2. The minimum atomic E-state index is -0.206. The van der Waals surface area contributed by atoms with Crippen molar-refractivity contribution < 1.29 is 9.53 Å². The van der Waals surface area contributed by atoms with Crippen LogP contribution in [0.2, 0.25) is 0 Å². The van der Waals surface area contributed by atoms with Gasteiger partial charge in [-0.3, -0.25) is 9.78 Å². The molecule has 25 heavy (non-hydrogen) atoms. The maximum absolute atomic E-state index is 12.3. The Morgan fingerprint density at radius 1 is 1.00 bits per heavy atom. The predicted molar refractivity (Wildman–Crippen MR) is 98.1 cm³/mol. The van der Waals surface area contributed by atoms with Crippen molar-refractivity contribution in [2.24, 2.45) is 0 Å². The summed E-state index contributed by atoms with van der Waals surface area (Å²) in [5, 5.41) is 6.12. The molecule has 0 spiro atoms. The van der Waals surface area contributed by atoms with Crippen LogP contribution < -0.4 is 15.4 Å². The molecule has 0 saturated heterocycles. The van der Waals surface area contributed by atoms with Crippen LogP contribution in [-0.4, -0.2) is 18.0 Å².